The molecule has 1 heterocycles. The van der Waals surface area contributed by atoms with E-state index in [1.807, 2.05) is 30.3 Å². The highest BCUT2D eigenvalue weighted by atomic mass is 32.2. The highest BCUT2D eigenvalue weighted by Crippen LogP contribution is 2.28. The summed E-state index contributed by atoms with van der Waals surface area (Å²) in [4.78, 5) is 11.1. The summed E-state index contributed by atoms with van der Waals surface area (Å²) in [5.74, 6) is 0.876. The Hall–Kier alpha value is -2.38. The first-order valence-electron chi connectivity index (χ1n) is 7.84. The molecule has 2 aromatic carbocycles. The number of amides is 1. The largest absolute Gasteiger partial charge is 0.330 e. The first kappa shape index (κ1) is 17.4. The number of hydrogen-bond donors (Lipinski definition) is 2. The molecular weight excluding hydrogens is 352 g/mol. The van der Waals surface area contributed by atoms with Crippen molar-refractivity contribution in [2.45, 2.75) is 17.7 Å². The Morgan fingerprint density at radius 1 is 1.08 bits per heavy atom. The number of thioether (sulfide) groups is 1. The second kappa shape index (κ2) is 8.64. The predicted molar refractivity (Wildman–Crippen MR) is 105 cm³/mol. The molecule has 0 atom stereocenters. The van der Waals surface area contributed by atoms with E-state index in [2.05, 4.69) is 45.1 Å². The summed E-state index contributed by atoms with van der Waals surface area (Å²) in [7, 11) is 0. The molecule has 0 unspecified atom stereocenters. The summed E-state index contributed by atoms with van der Waals surface area (Å²) >= 11 is 3.23. The normalized spacial score (nSPS) is 10.4. The first-order valence-corrected chi connectivity index (χ1v) is 9.64. The van der Waals surface area contributed by atoms with E-state index in [4.69, 9.17) is 0 Å². The van der Waals surface area contributed by atoms with Gasteiger partial charge in [0, 0.05) is 24.1 Å². The predicted octanol–water partition coefficient (Wildman–Crippen LogP) is 4.57. The molecule has 0 saturated heterocycles. The number of aromatic nitrogens is 2. The smallest absolute Gasteiger partial charge is 0.221 e. The Morgan fingerprint density at radius 3 is 2.68 bits per heavy atom. The maximum atomic E-state index is 11.1. The van der Waals surface area contributed by atoms with E-state index in [9.17, 15) is 4.79 Å². The van der Waals surface area contributed by atoms with Crippen LogP contribution < -0.4 is 10.6 Å². The monoisotopic (exact) mass is 370 g/mol. The Labute approximate surface area is 154 Å². The summed E-state index contributed by atoms with van der Waals surface area (Å²) in [5.41, 5.74) is 2.94. The lowest BCUT2D eigenvalue weighted by Crippen LogP contribution is -2.05. The minimum atomic E-state index is -0.0924. The molecule has 0 fully saturated rings. The third kappa shape index (κ3) is 5.58. The highest BCUT2D eigenvalue weighted by Gasteiger charge is 2.06. The Balaban J connectivity index is 1.54. The minimum Gasteiger partial charge on any atom is -0.330 e. The van der Waals surface area contributed by atoms with Crippen LogP contribution >= 0.6 is 23.1 Å². The number of rotatable bonds is 7. The molecule has 0 bridgehead atoms. The van der Waals surface area contributed by atoms with E-state index in [0.717, 1.165) is 33.0 Å². The molecule has 0 aliphatic rings. The molecular formula is C18H18N4OS2. The van der Waals surface area contributed by atoms with Crippen molar-refractivity contribution in [2.75, 3.05) is 16.4 Å². The molecule has 25 heavy (non-hydrogen) atoms. The molecule has 0 aliphatic carbocycles. The lowest BCUT2D eigenvalue weighted by atomic mass is 10.2. The molecule has 3 aromatic rings. The second-order valence-electron chi connectivity index (χ2n) is 5.34. The highest BCUT2D eigenvalue weighted by molar-refractivity contribution is 8.01. The quantitative estimate of drug-likeness (QED) is 0.596. The number of aryl methyl sites for hydroxylation is 1. The van der Waals surface area contributed by atoms with Gasteiger partial charge in [-0.05, 0) is 30.2 Å². The molecule has 0 radical (unpaired) electrons. The number of carbonyl (C=O) groups is 1. The van der Waals surface area contributed by atoms with Crippen LogP contribution in [0, 0.1) is 0 Å². The molecule has 1 aromatic heterocycles. The summed E-state index contributed by atoms with van der Waals surface area (Å²) in [6.07, 6.45) is 1.01. The van der Waals surface area contributed by atoms with E-state index < -0.39 is 0 Å². The van der Waals surface area contributed by atoms with Crippen LogP contribution in [0.5, 0.6) is 0 Å². The van der Waals surface area contributed by atoms with E-state index >= 15 is 0 Å². The standard InChI is InChI=1S/C18H18N4OS2/c1-13(23)19-15-8-5-9-16(12-15)20-17-21-22-18(25-17)24-11-10-14-6-3-2-4-7-14/h2-9,12H,10-11H2,1H3,(H,19,23)(H,20,21). The van der Waals surface area contributed by atoms with Gasteiger partial charge in [-0.3, -0.25) is 4.79 Å². The van der Waals surface area contributed by atoms with Crippen molar-refractivity contribution in [3.05, 3.63) is 60.2 Å². The minimum absolute atomic E-state index is 0.0924. The Bertz CT molecular complexity index is 836. The average molecular weight is 371 g/mol. The van der Waals surface area contributed by atoms with Crippen molar-refractivity contribution in [3.8, 4) is 0 Å². The number of carbonyl (C=O) groups excluding carboxylic acids is 1. The molecule has 5 nitrogen and oxygen atoms in total. The van der Waals surface area contributed by atoms with Gasteiger partial charge in [-0.25, -0.2) is 0 Å². The number of hydrogen-bond acceptors (Lipinski definition) is 6. The fraction of sp³-hybridized carbons (Fsp3) is 0.167. The van der Waals surface area contributed by atoms with Gasteiger partial charge in [0.1, 0.15) is 0 Å². The van der Waals surface area contributed by atoms with Crippen LogP contribution in [0.2, 0.25) is 0 Å². The van der Waals surface area contributed by atoms with Crippen LogP contribution in [0.15, 0.2) is 58.9 Å². The maximum absolute atomic E-state index is 11.1. The van der Waals surface area contributed by atoms with Gasteiger partial charge in [0.05, 0.1) is 0 Å². The van der Waals surface area contributed by atoms with Gasteiger partial charge in [0.25, 0.3) is 0 Å². The van der Waals surface area contributed by atoms with Gasteiger partial charge >= 0.3 is 0 Å². The summed E-state index contributed by atoms with van der Waals surface area (Å²) < 4.78 is 0.941. The first-order chi connectivity index (χ1) is 12.2. The Morgan fingerprint density at radius 2 is 1.88 bits per heavy atom. The van der Waals surface area contributed by atoms with Crippen molar-refractivity contribution >= 4 is 45.5 Å². The van der Waals surface area contributed by atoms with Gasteiger partial charge in [-0.15, -0.1) is 10.2 Å². The second-order valence-corrected chi connectivity index (χ2v) is 7.66. The van der Waals surface area contributed by atoms with Gasteiger partial charge in [0.15, 0.2) is 4.34 Å². The van der Waals surface area contributed by atoms with Crippen molar-refractivity contribution in [3.63, 3.8) is 0 Å². The van der Waals surface area contributed by atoms with Crippen LogP contribution in [0.25, 0.3) is 0 Å². The fourth-order valence-corrected chi connectivity index (χ4v) is 4.05. The lowest BCUT2D eigenvalue weighted by molar-refractivity contribution is -0.114. The van der Waals surface area contributed by atoms with E-state index in [-0.39, 0.29) is 5.91 Å². The molecule has 1 amide bonds. The van der Waals surface area contributed by atoms with Crippen LogP contribution in [-0.2, 0) is 11.2 Å². The molecule has 0 spiro atoms. The van der Waals surface area contributed by atoms with E-state index in [1.165, 1.54) is 23.8 Å². The SMILES string of the molecule is CC(=O)Nc1cccc(Nc2nnc(SCCc3ccccc3)s2)c1. The molecule has 0 saturated carbocycles. The number of nitrogens with one attached hydrogen (secondary N) is 2. The van der Waals surface area contributed by atoms with Crippen molar-refractivity contribution in [2.24, 2.45) is 0 Å². The molecule has 0 aliphatic heterocycles. The van der Waals surface area contributed by atoms with Crippen LogP contribution in [-0.4, -0.2) is 21.9 Å². The third-order valence-electron chi connectivity index (χ3n) is 3.30. The van der Waals surface area contributed by atoms with E-state index in [1.54, 1.807) is 11.8 Å². The number of benzene rings is 2. The summed E-state index contributed by atoms with van der Waals surface area (Å²) in [6.45, 7) is 1.49. The van der Waals surface area contributed by atoms with Gasteiger partial charge in [0.2, 0.25) is 11.0 Å². The van der Waals surface area contributed by atoms with Crippen molar-refractivity contribution < 1.29 is 4.79 Å². The molecule has 7 heteroatoms. The zero-order valence-electron chi connectivity index (χ0n) is 13.7. The van der Waals surface area contributed by atoms with Crippen LogP contribution in [0.1, 0.15) is 12.5 Å². The molecule has 3 rings (SSSR count). The number of anilines is 3. The van der Waals surface area contributed by atoms with E-state index in [0.29, 0.717) is 0 Å². The van der Waals surface area contributed by atoms with Crippen LogP contribution in [0.4, 0.5) is 16.5 Å². The summed E-state index contributed by atoms with van der Waals surface area (Å²) in [5, 5.41) is 15.1. The summed E-state index contributed by atoms with van der Waals surface area (Å²) in [6, 6.07) is 17.9. The zero-order valence-corrected chi connectivity index (χ0v) is 15.4. The lowest BCUT2D eigenvalue weighted by Gasteiger charge is -2.05. The third-order valence-corrected chi connectivity index (χ3v) is 5.27. The molecule has 2 N–H and O–H groups in total. The fourth-order valence-electron chi connectivity index (χ4n) is 2.22. The van der Waals surface area contributed by atoms with Gasteiger partial charge < -0.3 is 10.6 Å². The van der Waals surface area contributed by atoms with Gasteiger partial charge in [-0.2, -0.15) is 0 Å². The Kier molecular flexibility index (Phi) is 6.03. The topological polar surface area (TPSA) is 66.9 Å². The van der Waals surface area contributed by atoms with Crippen LogP contribution in [0.3, 0.4) is 0 Å². The number of nitrogens with zero attached hydrogens (tertiary/aromatic N) is 2. The maximum Gasteiger partial charge on any atom is 0.221 e. The zero-order chi connectivity index (χ0) is 17.5. The van der Waals surface area contributed by atoms with Crippen molar-refractivity contribution in [1.29, 1.82) is 0 Å². The van der Waals surface area contributed by atoms with Crippen molar-refractivity contribution in [1.82, 2.24) is 10.2 Å². The average Bonchev–Trinajstić information content (AvgIpc) is 3.03. The van der Waals surface area contributed by atoms with Gasteiger partial charge in [-0.1, -0.05) is 59.5 Å². The molecule has 128 valence electrons.